The first-order valence-electron chi connectivity index (χ1n) is 10.0. The zero-order valence-electron chi connectivity index (χ0n) is 17.2. The number of para-hydroxylation sites is 1. The van der Waals surface area contributed by atoms with Crippen LogP contribution in [0.25, 0.3) is 0 Å². The highest BCUT2D eigenvalue weighted by molar-refractivity contribution is 5.79. The van der Waals surface area contributed by atoms with E-state index in [-0.39, 0.29) is 5.82 Å². The average Bonchev–Trinajstić information content (AvgIpc) is 2.63. The third-order valence-electron chi connectivity index (χ3n) is 4.87. The molecule has 1 fully saturated rings. The third kappa shape index (κ3) is 7.37. The summed E-state index contributed by atoms with van der Waals surface area (Å²) in [6, 6.07) is 6.49. The van der Waals surface area contributed by atoms with Gasteiger partial charge in [-0.3, -0.25) is 4.99 Å². The zero-order valence-corrected chi connectivity index (χ0v) is 17.2. The molecule has 1 aromatic rings. The molecule has 0 amide bonds. The van der Waals surface area contributed by atoms with Gasteiger partial charge in [-0.25, -0.2) is 4.39 Å². The maximum Gasteiger partial charge on any atom is 0.193 e. The van der Waals surface area contributed by atoms with Gasteiger partial charge in [0, 0.05) is 33.7 Å². The van der Waals surface area contributed by atoms with Crippen LogP contribution in [-0.2, 0) is 0 Å². The SMILES string of the molecule is CN=C(NCC1CCCN(CC(C)C)C1)N(C)CCOc1ccccc1F. The van der Waals surface area contributed by atoms with Gasteiger partial charge in [0.2, 0.25) is 0 Å². The summed E-state index contributed by atoms with van der Waals surface area (Å²) in [5.41, 5.74) is 0. The summed E-state index contributed by atoms with van der Waals surface area (Å²) >= 11 is 0. The van der Waals surface area contributed by atoms with Crippen LogP contribution < -0.4 is 10.1 Å². The minimum atomic E-state index is -0.328. The number of guanidine groups is 1. The number of rotatable bonds is 8. The highest BCUT2D eigenvalue weighted by atomic mass is 19.1. The van der Waals surface area contributed by atoms with Crippen LogP contribution in [0, 0.1) is 17.7 Å². The molecule has 1 aromatic carbocycles. The molecule has 1 heterocycles. The van der Waals surface area contributed by atoms with E-state index in [1.807, 2.05) is 11.9 Å². The summed E-state index contributed by atoms with van der Waals surface area (Å²) in [6.07, 6.45) is 2.53. The highest BCUT2D eigenvalue weighted by Crippen LogP contribution is 2.17. The summed E-state index contributed by atoms with van der Waals surface area (Å²) in [7, 11) is 3.77. The highest BCUT2D eigenvalue weighted by Gasteiger charge is 2.21. The Morgan fingerprint density at radius 3 is 2.89 bits per heavy atom. The van der Waals surface area contributed by atoms with Crippen LogP contribution >= 0.6 is 0 Å². The van der Waals surface area contributed by atoms with Crippen molar-refractivity contribution >= 4 is 5.96 Å². The number of likely N-dealkylation sites (tertiary alicyclic amines) is 1. The molecule has 1 atom stereocenters. The fraction of sp³-hybridized carbons (Fsp3) is 0.667. The monoisotopic (exact) mass is 378 g/mol. The maximum absolute atomic E-state index is 13.6. The predicted molar refractivity (Wildman–Crippen MR) is 110 cm³/mol. The lowest BCUT2D eigenvalue weighted by molar-refractivity contribution is 0.159. The van der Waals surface area contributed by atoms with Crippen molar-refractivity contribution < 1.29 is 9.13 Å². The number of halogens is 1. The van der Waals surface area contributed by atoms with E-state index in [9.17, 15) is 4.39 Å². The number of aliphatic imine (C=N–C) groups is 1. The van der Waals surface area contributed by atoms with Crippen molar-refractivity contribution in [3.05, 3.63) is 30.1 Å². The van der Waals surface area contributed by atoms with Crippen molar-refractivity contribution in [2.45, 2.75) is 26.7 Å². The standard InChI is InChI=1S/C21H35FN4O/c1-17(2)15-26-11-7-8-18(16-26)14-24-21(23-3)25(4)12-13-27-20-10-6-5-9-19(20)22/h5-6,9-10,17-18H,7-8,11-16H2,1-4H3,(H,23,24). The Balaban J connectivity index is 1.73. The van der Waals surface area contributed by atoms with Crippen LogP contribution in [0.3, 0.4) is 0 Å². The number of benzene rings is 1. The number of hydrogen-bond donors (Lipinski definition) is 1. The first-order chi connectivity index (χ1) is 13.0. The molecule has 0 aliphatic carbocycles. The first kappa shape index (κ1) is 21.5. The normalized spacial score (nSPS) is 18.6. The van der Waals surface area contributed by atoms with Crippen LogP contribution in [0.15, 0.2) is 29.3 Å². The molecule has 1 aliphatic heterocycles. The van der Waals surface area contributed by atoms with Crippen molar-refractivity contribution in [3.63, 3.8) is 0 Å². The summed E-state index contributed by atoms with van der Waals surface area (Å²) in [5.74, 6) is 2.18. The van der Waals surface area contributed by atoms with E-state index in [2.05, 4.69) is 29.1 Å². The van der Waals surface area contributed by atoms with Crippen LogP contribution in [0.4, 0.5) is 4.39 Å². The van der Waals surface area contributed by atoms with E-state index < -0.39 is 0 Å². The Kier molecular flexibility index (Phi) is 8.85. The second-order valence-electron chi connectivity index (χ2n) is 7.79. The van der Waals surface area contributed by atoms with Crippen molar-refractivity contribution in [3.8, 4) is 5.75 Å². The molecule has 2 rings (SSSR count). The van der Waals surface area contributed by atoms with Crippen LogP contribution in [0.5, 0.6) is 5.75 Å². The predicted octanol–water partition coefficient (Wildman–Crippen LogP) is 3.08. The van der Waals surface area contributed by atoms with Crippen LogP contribution in [0.2, 0.25) is 0 Å². The number of nitrogens with one attached hydrogen (secondary N) is 1. The van der Waals surface area contributed by atoms with E-state index in [0.717, 1.165) is 19.0 Å². The minimum Gasteiger partial charge on any atom is -0.489 e. The molecule has 1 N–H and O–H groups in total. The van der Waals surface area contributed by atoms with Crippen LogP contribution in [0.1, 0.15) is 26.7 Å². The van der Waals surface area contributed by atoms with Gasteiger partial charge in [0.25, 0.3) is 0 Å². The van der Waals surface area contributed by atoms with Crippen LogP contribution in [-0.4, -0.2) is 69.2 Å². The molecule has 0 radical (unpaired) electrons. The molecule has 1 unspecified atom stereocenters. The molecule has 1 saturated heterocycles. The quantitative estimate of drug-likeness (QED) is 0.557. The summed E-state index contributed by atoms with van der Waals surface area (Å²) in [6.45, 7) is 10.1. The fourth-order valence-corrected chi connectivity index (χ4v) is 3.58. The maximum atomic E-state index is 13.6. The number of ether oxygens (including phenoxy) is 1. The lowest BCUT2D eigenvalue weighted by atomic mass is 9.97. The first-order valence-corrected chi connectivity index (χ1v) is 10.0. The molecule has 5 nitrogen and oxygen atoms in total. The van der Waals surface area contributed by atoms with Gasteiger partial charge in [-0.1, -0.05) is 26.0 Å². The molecule has 0 bridgehead atoms. The molecule has 6 heteroatoms. The number of nitrogens with zero attached hydrogens (tertiary/aromatic N) is 3. The summed E-state index contributed by atoms with van der Waals surface area (Å²) in [5, 5.41) is 3.49. The van der Waals surface area contributed by atoms with Crippen molar-refractivity contribution in [1.82, 2.24) is 15.1 Å². The second kappa shape index (κ2) is 11.1. The van der Waals surface area contributed by atoms with Gasteiger partial charge in [0.15, 0.2) is 17.5 Å². The van der Waals surface area contributed by atoms with Crippen molar-refractivity contribution in [2.75, 3.05) is 53.4 Å². The topological polar surface area (TPSA) is 40.1 Å². The van der Waals surface area contributed by atoms with E-state index in [0.29, 0.717) is 30.7 Å². The second-order valence-corrected chi connectivity index (χ2v) is 7.79. The van der Waals surface area contributed by atoms with E-state index >= 15 is 0 Å². The molecule has 152 valence electrons. The van der Waals surface area contributed by atoms with Gasteiger partial charge in [-0.05, 0) is 43.4 Å². The lowest BCUT2D eigenvalue weighted by Gasteiger charge is -2.34. The average molecular weight is 379 g/mol. The summed E-state index contributed by atoms with van der Waals surface area (Å²) < 4.78 is 19.1. The molecular formula is C21H35FN4O. The minimum absolute atomic E-state index is 0.293. The molecule has 27 heavy (non-hydrogen) atoms. The van der Waals surface area contributed by atoms with Crippen molar-refractivity contribution in [1.29, 1.82) is 0 Å². The Morgan fingerprint density at radius 2 is 2.19 bits per heavy atom. The number of hydrogen-bond acceptors (Lipinski definition) is 3. The van der Waals surface area contributed by atoms with Gasteiger partial charge in [-0.2, -0.15) is 0 Å². The Bertz CT molecular complexity index is 593. The zero-order chi connectivity index (χ0) is 19.6. The van der Waals surface area contributed by atoms with Crippen molar-refractivity contribution in [2.24, 2.45) is 16.8 Å². The van der Waals surface area contributed by atoms with E-state index in [1.54, 1.807) is 25.2 Å². The number of likely N-dealkylation sites (N-methyl/N-ethyl adjacent to an activating group) is 1. The molecule has 0 spiro atoms. The molecule has 0 aromatic heterocycles. The molecular weight excluding hydrogens is 343 g/mol. The van der Waals surface area contributed by atoms with Gasteiger partial charge >= 0.3 is 0 Å². The third-order valence-corrected chi connectivity index (χ3v) is 4.87. The number of piperidine rings is 1. The Labute approximate surface area is 163 Å². The summed E-state index contributed by atoms with van der Waals surface area (Å²) in [4.78, 5) is 8.97. The van der Waals surface area contributed by atoms with E-state index in [1.165, 1.54) is 32.0 Å². The van der Waals surface area contributed by atoms with Gasteiger partial charge in [0.1, 0.15) is 6.61 Å². The Hall–Kier alpha value is -1.82. The van der Waals surface area contributed by atoms with Gasteiger partial charge in [-0.15, -0.1) is 0 Å². The van der Waals surface area contributed by atoms with E-state index in [4.69, 9.17) is 4.74 Å². The largest absolute Gasteiger partial charge is 0.489 e. The molecule has 0 saturated carbocycles. The fourth-order valence-electron chi connectivity index (χ4n) is 3.58. The molecule has 1 aliphatic rings. The van der Waals surface area contributed by atoms with Gasteiger partial charge < -0.3 is 19.9 Å². The Morgan fingerprint density at radius 1 is 1.41 bits per heavy atom. The lowest BCUT2D eigenvalue weighted by Crippen LogP contribution is -2.46. The van der Waals surface area contributed by atoms with Gasteiger partial charge in [0.05, 0.1) is 6.54 Å². The smallest absolute Gasteiger partial charge is 0.193 e.